The molecule has 0 aliphatic heterocycles. The van der Waals surface area contributed by atoms with Crippen molar-refractivity contribution in [2.75, 3.05) is 18.5 Å². The minimum atomic E-state index is 0.506. The maximum Gasteiger partial charge on any atom is 0.148 e. The van der Waals surface area contributed by atoms with E-state index in [9.17, 15) is 0 Å². The molecule has 2 rings (SSSR count). The lowest BCUT2D eigenvalue weighted by Gasteiger charge is -2.12. The van der Waals surface area contributed by atoms with E-state index < -0.39 is 0 Å². The minimum Gasteiger partial charge on any atom is -0.491 e. The first-order chi connectivity index (χ1) is 10.6. The molecular weight excluding hydrogens is 321 g/mol. The van der Waals surface area contributed by atoms with Crippen molar-refractivity contribution in [3.8, 4) is 5.75 Å². The van der Waals surface area contributed by atoms with E-state index in [1.54, 1.807) is 0 Å². The monoisotopic (exact) mass is 339 g/mol. The Morgan fingerprint density at radius 2 is 2.05 bits per heavy atom. The predicted molar refractivity (Wildman–Crippen MR) is 91.2 cm³/mol. The SMILES string of the molecule is CCCc1ncnc(NCCOc2ccc(Cl)cc2C)c1Cl. The van der Waals surface area contributed by atoms with Crippen LogP contribution in [0.2, 0.25) is 10.0 Å². The fourth-order valence-electron chi connectivity index (χ4n) is 2.05. The summed E-state index contributed by atoms with van der Waals surface area (Å²) in [7, 11) is 0. The van der Waals surface area contributed by atoms with Crippen molar-refractivity contribution in [1.29, 1.82) is 0 Å². The minimum absolute atomic E-state index is 0.506. The molecule has 2 aromatic rings. The molecular formula is C16H19Cl2N3O. The zero-order chi connectivity index (χ0) is 15.9. The van der Waals surface area contributed by atoms with Gasteiger partial charge in [0, 0.05) is 5.02 Å². The van der Waals surface area contributed by atoms with E-state index in [1.165, 1.54) is 6.33 Å². The van der Waals surface area contributed by atoms with Crippen LogP contribution in [-0.2, 0) is 6.42 Å². The molecule has 1 aromatic carbocycles. The summed E-state index contributed by atoms with van der Waals surface area (Å²) in [5.41, 5.74) is 1.88. The van der Waals surface area contributed by atoms with Crippen LogP contribution in [0.1, 0.15) is 24.6 Å². The lowest BCUT2D eigenvalue weighted by molar-refractivity contribution is 0.330. The van der Waals surface area contributed by atoms with Crippen molar-refractivity contribution in [3.63, 3.8) is 0 Å². The van der Waals surface area contributed by atoms with E-state index in [0.717, 1.165) is 29.8 Å². The topological polar surface area (TPSA) is 47.0 Å². The molecule has 1 heterocycles. The average Bonchev–Trinajstić information content (AvgIpc) is 2.49. The van der Waals surface area contributed by atoms with Crippen LogP contribution in [0.5, 0.6) is 5.75 Å². The summed E-state index contributed by atoms with van der Waals surface area (Å²) in [6.45, 7) is 5.16. The highest BCUT2D eigenvalue weighted by Gasteiger charge is 2.08. The average molecular weight is 340 g/mol. The molecule has 4 nitrogen and oxygen atoms in total. The number of nitrogens with one attached hydrogen (secondary N) is 1. The lowest BCUT2D eigenvalue weighted by Crippen LogP contribution is -2.13. The van der Waals surface area contributed by atoms with Gasteiger partial charge < -0.3 is 10.1 Å². The Hall–Kier alpha value is -1.52. The van der Waals surface area contributed by atoms with E-state index in [0.29, 0.717) is 29.0 Å². The number of anilines is 1. The second kappa shape index (κ2) is 8.20. The van der Waals surface area contributed by atoms with Gasteiger partial charge in [-0.2, -0.15) is 0 Å². The molecule has 6 heteroatoms. The number of nitrogens with zero attached hydrogens (tertiary/aromatic N) is 2. The van der Waals surface area contributed by atoms with Gasteiger partial charge in [0.05, 0.1) is 12.2 Å². The Labute approximate surface area is 140 Å². The van der Waals surface area contributed by atoms with Gasteiger partial charge in [-0.3, -0.25) is 0 Å². The third-order valence-corrected chi connectivity index (χ3v) is 3.77. The van der Waals surface area contributed by atoms with Crippen molar-refractivity contribution in [2.24, 2.45) is 0 Å². The quantitative estimate of drug-likeness (QED) is 0.752. The second-order valence-electron chi connectivity index (χ2n) is 4.92. The molecule has 0 saturated carbocycles. The molecule has 0 radical (unpaired) electrons. The third-order valence-electron chi connectivity index (χ3n) is 3.14. The molecule has 22 heavy (non-hydrogen) atoms. The largest absolute Gasteiger partial charge is 0.491 e. The van der Waals surface area contributed by atoms with Gasteiger partial charge in [-0.05, 0) is 37.1 Å². The maximum atomic E-state index is 6.28. The number of aryl methyl sites for hydroxylation is 2. The molecule has 0 saturated heterocycles. The first kappa shape index (κ1) is 16.8. The molecule has 0 spiro atoms. The van der Waals surface area contributed by atoms with Crippen molar-refractivity contribution in [1.82, 2.24) is 9.97 Å². The molecule has 1 N–H and O–H groups in total. The number of benzene rings is 1. The number of ether oxygens (including phenoxy) is 1. The predicted octanol–water partition coefficient (Wildman–Crippen LogP) is 4.54. The van der Waals surface area contributed by atoms with E-state index in [2.05, 4.69) is 22.2 Å². The molecule has 0 amide bonds. The smallest absolute Gasteiger partial charge is 0.148 e. The Balaban J connectivity index is 1.87. The number of hydrogen-bond acceptors (Lipinski definition) is 4. The number of aromatic nitrogens is 2. The van der Waals surface area contributed by atoms with Crippen LogP contribution in [0.15, 0.2) is 24.5 Å². The van der Waals surface area contributed by atoms with Gasteiger partial charge >= 0.3 is 0 Å². The van der Waals surface area contributed by atoms with Crippen molar-refractivity contribution >= 4 is 29.0 Å². The fourth-order valence-corrected chi connectivity index (χ4v) is 2.53. The van der Waals surface area contributed by atoms with Crippen LogP contribution in [0.3, 0.4) is 0 Å². The van der Waals surface area contributed by atoms with Gasteiger partial charge in [0.2, 0.25) is 0 Å². The number of halogens is 2. The van der Waals surface area contributed by atoms with Gasteiger partial charge in [0.15, 0.2) is 0 Å². The van der Waals surface area contributed by atoms with Crippen LogP contribution >= 0.6 is 23.2 Å². The summed E-state index contributed by atoms with van der Waals surface area (Å²) < 4.78 is 5.72. The van der Waals surface area contributed by atoms with E-state index in [1.807, 2.05) is 25.1 Å². The van der Waals surface area contributed by atoms with Gasteiger partial charge in [-0.1, -0.05) is 36.5 Å². The number of hydrogen-bond donors (Lipinski definition) is 1. The molecule has 0 fully saturated rings. The molecule has 0 aliphatic rings. The van der Waals surface area contributed by atoms with E-state index in [-0.39, 0.29) is 0 Å². The first-order valence-electron chi connectivity index (χ1n) is 7.24. The standard InChI is InChI=1S/C16H19Cl2N3O/c1-3-4-13-15(18)16(21-10-20-13)19-7-8-22-14-6-5-12(17)9-11(14)2/h5-6,9-10H,3-4,7-8H2,1-2H3,(H,19,20,21). The fraction of sp³-hybridized carbons (Fsp3) is 0.375. The molecule has 0 bridgehead atoms. The summed E-state index contributed by atoms with van der Waals surface area (Å²) >= 11 is 12.2. The highest BCUT2D eigenvalue weighted by atomic mass is 35.5. The van der Waals surface area contributed by atoms with Crippen LogP contribution in [0.4, 0.5) is 5.82 Å². The molecule has 1 aromatic heterocycles. The summed E-state index contributed by atoms with van der Waals surface area (Å²) in [5.74, 6) is 1.48. The van der Waals surface area contributed by atoms with Gasteiger partial charge in [-0.15, -0.1) is 0 Å². The Bertz CT molecular complexity index is 635. The van der Waals surface area contributed by atoms with Gasteiger partial charge in [0.25, 0.3) is 0 Å². The zero-order valence-corrected chi connectivity index (χ0v) is 14.2. The highest BCUT2D eigenvalue weighted by Crippen LogP contribution is 2.23. The molecule has 0 unspecified atom stereocenters. The zero-order valence-electron chi connectivity index (χ0n) is 12.7. The van der Waals surface area contributed by atoms with Crippen LogP contribution in [0.25, 0.3) is 0 Å². The Kier molecular flexibility index (Phi) is 6.28. The highest BCUT2D eigenvalue weighted by molar-refractivity contribution is 6.33. The lowest BCUT2D eigenvalue weighted by atomic mass is 10.2. The van der Waals surface area contributed by atoms with Crippen molar-refractivity contribution in [3.05, 3.63) is 45.8 Å². The second-order valence-corrected chi connectivity index (χ2v) is 5.73. The van der Waals surface area contributed by atoms with Crippen LogP contribution in [0, 0.1) is 6.92 Å². The molecule has 0 atom stereocenters. The van der Waals surface area contributed by atoms with Crippen molar-refractivity contribution < 1.29 is 4.74 Å². The van der Waals surface area contributed by atoms with E-state index >= 15 is 0 Å². The van der Waals surface area contributed by atoms with Gasteiger partial charge in [0.1, 0.15) is 29.5 Å². The van der Waals surface area contributed by atoms with Gasteiger partial charge in [-0.25, -0.2) is 9.97 Å². The summed E-state index contributed by atoms with van der Waals surface area (Å²) in [5, 5.41) is 4.48. The van der Waals surface area contributed by atoms with Crippen LogP contribution < -0.4 is 10.1 Å². The normalized spacial score (nSPS) is 10.5. The summed E-state index contributed by atoms with van der Waals surface area (Å²) in [4.78, 5) is 8.37. The number of rotatable bonds is 7. The first-order valence-corrected chi connectivity index (χ1v) is 7.99. The molecule has 118 valence electrons. The third kappa shape index (κ3) is 4.49. The summed E-state index contributed by atoms with van der Waals surface area (Å²) in [6, 6.07) is 5.56. The van der Waals surface area contributed by atoms with E-state index in [4.69, 9.17) is 27.9 Å². The van der Waals surface area contributed by atoms with Crippen LogP contribution in [-0.4, -0.2) is 23.1 Å². The summed E-state index contributed by atoms with van der Waals surface area (Å²) in [6.07, 6.45) is 3.37. The Morgan fingerprint density at radius 3 is 2.77 bits per heavy atom. The molecule has 0 aliphatic carbocycles. The maximum absolute atomic E-state index is 6.28. The Morgan fingerprint density at radius 1 is 1.23 bits per heavy atom. The van der Waals surface area contributed by atoms with Crippen molar-refractivity contribution in [2.45, 2.75) is 26.7 Å².